The van der Waals surface area contributed by atoms with Gasteiger partial charge in [0.2, 0.25) is 0 Å². The number of rotatable bonds is 6. The Kier molecular flexibility index (Phi) is 4.62. The molecule has 1 aromatic heterocycles. The third-order valence-corrected chi connectivity index (χ3v) is 2.45. The maximum Gasteiger partial charge on any atom is 0.323 e. The first kappa shape index (κ1) is 14.7. The highest BCUT2D eigenvalue weighted by atomic mass is 16.4. The molecule has 1 rings (SSSR count). The van der Waals surface area contributed by atoms with E-state index in [-0.39, 0.29) is 5.69 Å². The molecule has 0 spiro atoms. The highest BCUT2D eigenvalue weighted by Gasteiger charge is 2.23. The van der Waals surface area contributed by atoms with Crippen LogP contribution in [0.5, 0.6) is 0 Å². The molecule has 1 heterocycles. The van der Waals surface area contributed by atoms with Crippen molar-refractivity contribution in [2.75, 3.05) is 13.1 Å². The van der Waals surface area contributed by atoms with Crippen LogP contribution in [0, 0.1) is 0 Å². The maximum absolute atomic E-state index is 12.1. The number of carboxylic acid groups (broad SMARTS) is 2. The summed E-state index contributed by atoms with van der Waals surface area (Å²) >= 11 is 0. The van der Waals surface area contributed by atoms with Gasteiger partial charge >= 0.3 is 11.9 Å². The van der Waals surface area contributed by atoms with Gasteiger partial charge in [0.15, 0.2) is 0 Å². The van der Waals surface area contributed by atoms with Crippen LogP contribution in [-0.2, 0) is 23.1 Å². The molecule has 0 aromatic carbocycles. The third kappa shape index (κ3) is 3.80. The summed E-state index contributed by atoms with van der Waals surface area (Å²) in [6.45, 7) is 0.526. The molecule has 1 amide bonds. The molecular formula is C11H15N3O5. The first-order chi connectivity index (χ1) is 8.85. The van der Waals surface area contributed by atoms with E-state index in [0.717, 1.165) is 4.90 Å². The SMILES string of the molecule is CCc1cc(C(=O)N(CC(=O)O)CC(=O)O)n(C)n1. The average Bonchev–Trinajstić information content (AvgIpc) is 2.67. The topological polar surface area (TPSA) is 113 Å². The lowest BCUT2D eigenvalue weighted by atomic mass is 10.2. The van der Waals surface area contributed by atoms with E-state index in [1.54, 1.807) is 7.05 Å². The van der Waals surface area contributed by atoms with Crippen molar-refractivity contribution in [2.24, 2.45) is 7.05 Å². The minimum Gasteiger partial charge on any atom is -0.480 e. The second-order valence-corrected chi connectivity index (χ2v) is 3.95. The van der Waals surface area contributed by atoms with E-state index in [2.05, 4.69) is 5.10 Å². The number of carbonyl (C=O) groups is 3. The summed E-state index contributed by atoms with van der Waals surface area (Å²) in [4.78, 5) is 34.2. The van der Waals surface area contributed by atoms with Gasteiger partial charge in [-0.05, 0) is 12.5 Å². The molecule has 0 aliphatic rings. The standard InChI is InChI=1S/C11H15N3O5/c1-3-7-4-8(13(2)12-7)11(19)14(5-9(15)16)6-10(17)18/h4H,3,5-6H2,1-2H3,(H,15,16)(H,17,18). The fourth-order valence-corrected chi connectivity index (χ4v) is 1.59. The monoisotopic (exact) mass is 269 g/mol. The van der Waals surface area contributed by atoms with Crippen molar-refractivity contribution in [3.8, 4) is 0 Å². The predicted octanol–water partition coefficient (Wildman–Crippen LogP) is -0.406. The van der Waals surface area contributed by atoms with Gasteiger partial charge < -0.3 is 15.1 Å². The van der Waals surface area contributed by atoms with Crippen molar-refractivity contribution in [3.63, 3.8) is 0 Å². The summed E-state index contributed by atoms with van der Waals surface area (Å²) in [6.07, 6.45) is 0.624. The zero-order chi connectivity index (χ0) is 14.6. The molecule has 0 atom stereocenters. The quantitative estimate of drug-likeness (QED) is 0.726. The Hall–Kier alpha value is -2.38. The number of hydrogen-bond acceptors (Lipinski definition) is 4. The highest BCUT2D eigenvalue weighted by Crippen LogP contribution is 2.08. The van der Waals surface area contributed by atoms with Crippen LogP contribution in [0.3, 0.4) is 0 Å². The molecular weight excluding hydrogens is 254 g/mol. The smallest absolute Gasteiger partial charge is 0.323 e. The molecule has 2 N–H and O–H groups in total. The molecule has 8 heteroatoms. The van der Waals surface area contributed by atoms with Crippen LogP contribution in [0.1, 0.15) is 23.1 Å². The summed E-state index contributed by atoms with van der Waals surface area (Å²) in [6, 6.07) is 1.53. The molecule has 0 saturated heterocycles. The van der Waals surface area contributed by atoms with E-state index >= 15 is 0 Å². The van der Waals surface area contributed by atoms with E-state index in [1.807, 2.05) is 6.92 Å². The summed E-state index contributed by atoms with van der Waals surface area (Å²) in [5.41, 5.74) is 0.843. The summed E-state index contributed by atoms with van der Waals surface area (Å²) in [7, 11) is 1.55. The molecule has 0 radical (unpaired) electrons. The Morgan fingerprint density at radius 3 is 2.16 bits per heavy atom. The largest absolute Gasteiger partial charge is 0.480 e. The minimum atomic E-state index is -1.27. The first-order valence-electron chi connectivity index (χ1n) is 5.61. The number of hydrogen-bond donors (Lipinski definition) is 2. The Morgan fingerprint density at radius 1 is 1.26 bits per heavy atom. The van der Waals surface area contributed by atoms with Crippen molar-refractivity contribution >= 4 is 17.8 Å². The molecule has 0 aliphatic heterocycles. The number of aliphatic carboxylic acids is 2. The Morgan fingerprint density at radius 2 is 1.79 bits per heavy atom. The lowest BCUT2D eigenvalue weighted by molar-refractivity contribution is -0.140. The second-order valence-electron chi connectivity index (χ2n) is 3.95. The molecule has 0 bridgehead atoms. The van der Waals surface area contributed by atoms with Gasteiger partial charge in [-0.25, -0.2) is 0 Å². The molecule has 0 aliphatic carbocycles. The van der Waals surface area contributed by atoms with Crippen molar-refractivity contribution < 1.29 is 24.6 Å². The van der Waals surface area contributed by atoms with Gasteiger partial charge in [0.05, 0.1) is 5.69 Å². The lowest BCUT2D eigenvalue weighted by Gasteiger charge is -2.18. The zero-order valence-electron chi connectivity index (χ0n) is 10.7. The molecule has 104 valence electrons. The van der Waals surface area contributed by atoms with Crippen molar-refractivity contribution in [1.29, 1.82) is 0 Å². The molecule has 19 heavy (non-hydrogen) atoms. The second kappa shape index (κ2) is 5.98. The van der Waals surface area contributed by atoms with Crippen LogP contribution in [0.15, 0.2) is 6.07 Å². The zero-order valence-corrected chi connectivity index (χ0v) is 10.7. The van der Waals surface area contributed by atoms with Gasteiger partial charge in [-0.2, -0.15) is 5.10 Å². The summed E-state index contributed by atoms with van der Waals surface area (Å²) < 4.78 is 1.32. The van der Waals surface area contributed by atoms with Crippen LogP contribution in [-0.4, -0.2) is 55.8 Å². The number of carboxylic acids is 2. The number of aromatic nitrogens is 2. The van der Waals surface area contributed by atoms with Crippen LogP contribution >= 0.6 is 0 Å². The Labute approximate surface area is 109 Å². The van der Waals surface area contributed by atoms with Crippen molar-refractivity contribution in [3.05, 3.63) is 17.5 Å². The summed E-state index contributed by atoms with van der Waals surface area (Å²) in [5.74, 6) is -3.21. The molecule has 0 saturated carbocycles. The molecule has 8 nitrogen and oxygen atoms in total. The average molecular weight is 269 g/mol. The molecule has 0 fully saturated rings. The number of nitrogens with zero attached hydrogens (tertiary/aromatic N) is 3. The predicted molar refractivity (Wildman–Crippen MR) is 63.8 cm³/mol. The van der Waals surface area contributed by atoms with Gasteiger partial charge in [-0.15, -0.1) is 0 Å². The van der Waals surface area contributed by atoms with E-state index in [9.17, 15) is 14.4 Å². The maximum atomic E-state index is 12.1. The van der Waals surface area contributed by atoms with E-state index < -0.39 is 30.9 Å². The Bertz CT molecular complexity index is 492. The van der Waals surface area contributed by atoms with Gasteiger partial charge in [-0.1, -0.05) is 6.92 Å². The third-order valence-electron chi connectivity index (χ3n) is 2.45. The van der Waals surface area contributed by atoms with Crippen LogP contribution < -0.4 is 0 Å². The van der Waals surface area contributed by atoms with Gasteiger partial charge in [0, 0.05) is 7.05 Å². The fraction of sp³-hybridized carbons (Fsp3) is 0.455. The molecule has 0 unspecified atom stereocenters. The lowest BCUT2D eigenvalue weighted by Crippen LogP contribution is -2.40. The van der Waals surface area contributed by atoms with Crippen molar-refractivity contribution in [2.45, 2.75) is 13.3 Å². The van der Waals surface area contributed by atoms with Crippen molar-refractivity contribution in [1.82, 2.24) is 14.7 Å². The number of amides is 1. The van der Waals surface area contributed by atoms with E-state index in [4.69, 9.17) is 10.2 Å². The highest BCUT2D eigenvalue weighted by molar-refractivity contribution is 5.96. The Balaban J connectivity index is 3.00. The van der Waals surface area contributed by atoms with Gasteiger partial charge in [0.25, 0.3) is 5.91 Å². The normalized spacial score (nSPS) is 10.2. The van der Waals surface area contributed by atoms with E-state index in [1.165, 1.54) is 10.7 Å². The number of aryl methyl sites for hydroxylation is 2. The number of carbonyl (C=O) groups excluding carboxylic acids is 1. The van der Waals surface area contributed by atoms with E-state index in [0.29, 0.717) is 12.1 Å². The van der Waals surface area contributed by atoms with Crippen LogP contribution in [0.25, 0.3) is 0 Å². The van der Waals surface area contributed by atoms with Gasteiger partial charge in [-0.3, -0.25) is 19.1 Å². The van der Waals surface area contributed by atoms with Crippen LogP contribution in [0.2, 0.25) is 0 Å². The first-order valence-corrected chi connectivity index (χ1v) is 5.61. The fourth-order valence-electron chi connectivity index (χ4n) is 1.59. The van der Waals surface area contributed by atoms with Gasteiger partial charge in [0.1, 0.15) is 18.8 Å². The minimum absolute atomic E-state index is 0.166. The summed E-state index contributed by atoms with van der Waals surface area (Å²) in [5, 5.41) is 21.5. The molecule has 1 aromatic rings. The van der Waals surface area contributed by atoms with Crippen LogP contribution in [0.4, 0.5) is 0 Å².